The Kier molecular flexibility index (Phi) is 6.17. The second-order valence-electron chi connectivity index (χ2n) is 5.12. The monoisotopic (exact) mass is 310 g/mol. The lowest BCUT2D eigenvalue weighted by molar-refractivity contribution is -0.115. The fourth-order valence-corrected chi connectivity index (χ4v) is 2.10. The summed E-state index contributed by atoms with van der Waals surface area (Å²) >= 11 is 0. The second kappa shape index (κ2) is 8.58. The summed E-state index contributed by atoms with van der Waals surface area (Å²) in [4.78, 5) is 16.0. The van der Waals surface area contributed by atoms with Crippen molar-refractivity contribution in [1.29, 1.82) is 0 Å². The number of guanidine groups is 1. The van der Waals surface area contributed by atoms with E-state index in [1.807, 2.05) is 42.5 Å². The molecule has 0 aromatic heterocycles. The van der Waals surface area contributed by atoms with E-state index in [0.717, 1.165) is 5.69 Å². The first kappa shape index (κ1) is 16.5. The van der Waals surface area contributed by atoms with E-state index in [1.54, 1.807) is 7.05 Å². The third-order valence-electron chi connectivity index (χ3n) is 3.41. The van der Waals surface area contributed by atoms with Crippen LogP contribution in [0.1, 0.15) is 11.1 Å². The zero-order chi connectivity index (χ0) is 16.5. The number of hydrogen-bond donors (Lipinski definition) is 3. The van der Waals surface area contributed by atoms with Crippen molar-refractivity contribution in [2.75, 3.05) is 18.9 Å². The summed E-state index contributed by atoms with van der Waals surface area (Å²) in [6.45, 7) is 2.88. The molecule has 120 valence electrons. The van der Waals surface area contributed by atoms with E-state index in [-0.39, 0.29) is 12.5 Å². The molecule has 0 saturated carbocycles. The Morgan fingerprint density at radius 3 is 2.39 bits per heavy atom. The van der Waals surface area contributed by atoms with Crippen LogP contribution in [-0.4, -0.2) is 25.5 Å². The molecule has 3 N–H and O–H groups in total. The van der Waals surface area contributed by atoms with E-state index in [9.17, 15) is 4.79 Å². The van der Waals surface area contributed by atoms with Crippen molar-refractivity contribution >= 4 is 17.6 Å². The van der Waals surface area contributed by atoms with Crippen molar-refractivity contribution < 1.29 is 4.79 Å². The number of carbonyl (C=O) groups is 1. The first-order chi connectivity index (χ1) is 11.2. The number of nitrogens with zero attached hydrogens (tertiary/aromatic N) is 1. The molecule has 23 heavy (non-hydrogen) atoms. The van der Waals surface area contributed by atoms with E-state index in [4.69, 9.17) is 0 Å². The zero-order valence-electron chi connectivity index (χ0n) is 13.5. The number of para-hydroxylation sites is 1. The number of carbonyl (C=O) groups excluding carboxylic acids is 1. The zero-order valence-corrected chi connectivity index (χ0v) is 13.5. The molecule has 0 saturated heterocycles. The first-order valence-corrected chi connectivity index (χ1v) is 7.53. The second-order valence-corrected chi connectivity index (χ2v) is 5.12. The highest BCUT2D eigenvalue weighted by molar-refractivity contribution is 5.94. The maximum atomic E-state index is 11.9. The molecule has 0 aliphatic heterocycles. The number of nitrogens with one attached hydrogen (secondary N) is 3. The fourth-order valence-electron chi connectivity index (χ4n) is 2.10. The van der Waals surface area contributed by atoms with Crippen LogP contribution in [0.15, 0.2) is 59.6 Å². The lowest BCUT2D eigenvalue weighted by Gasteiger charge is -2.13. The van der Waals surface area contributed by atoms with Crippen LogP contribution >= 0.6 is 0 Å². The molecule has 0 radical (unpaired) electrons. The van der Waals surface area contributed by atoms with E-state index in [2.05, 4.69) is 40.0 Å². The molecule has 0 fully saturated rings. The van der Waals surface area contributed by atoms with E-state index in [1.165, 1.54) is 11.1 Å². The Balaban J connectivity index is 1.79. The Morgan fingerprint density at radius 1 is 1.00 bits per heavy atom. The number of hydrogen-bond acceptors (Lipinski definition) is 2. The number of benzene rings is 2. The molecule has 0 heterocycles. The minimum atomic E-state index is -0.116. The highest BCUT2D eigenvalue weighted by Crippen LogP contribution is 2.06. The standard InChI is InChI=1S/C18H22N4O/c1-14-8-6-7-9-15(14)12-20-18(19-2)21-13-17(23)22-16-10-4-3-5-11-16/h3-11H,12-13H2,1-2H3,(H,22,23)(H2,19,20,21). The molecule has 2 aromatic rings. The number of amides is 1. The summed E-state index contributed by atoms with van der Waals surface area (Å²) in [6, 6.07) is 17.5. The summed E-state index contributed by atoms with van der Waals surface area (Å²) in [5.41, 5.74) is 3.20. The van der Waals surface area contributed by atoms with Crippen molar-refractivity contribution in [3.63, 3.8) is 0 Å². The minimum Gasteiger partial charge on any atom is -0.352 e. The van der Waals surface area contributed by atoms with Gasteiger partial charge in [0.15, 0.2) is 5.96 Å². The summed E-state index contributed by atoms with van der Waals surface area (Å²) in [5.74, 6) is 0.478. The fraction of sp³-hybridized carbons (Fsp3) is 0.222. The Hall–Kier alpha value is -2.82. The molecule has 5 nitrogen and oxygen atoms in total. The molecule has 1 amide bonds. The number of aliphatic imine (C=N–C) groups is 1. The Bertz CT molecular complexity index is 668. The Labute approximate surface area is 136 Å². The quantitative estimate of drug-likeness (QED) is 0.586. The van der Waals surface area contributed by atoms with E-state index >= 15 is 0 Å². The van der Waals surface area contributed by atoms with Crippen LogP contribution in [0.5, 0.6) is 0 Å². The van der Waals surface area contributed by atoms with Crippen LogP contribution in [0.2, 0.25) is 0 Å². The average molecular weight is 310 g/mol. The topological polar surface area (TPSA) is 65.5 Å². The number of anilines is 1. The van der Waals surface area contributed by atoms with Crippen LogP contribution in [0.3, 0.4) is 0 Å². The Morgan fingerprint density at radius 2 is 1.70 bits per heavy atom. The third-order valence-corrected chi connectivity index (χ3v) is 3.41. The maximum Gasteiger partial charge on any atom is 0.243 e. The third kappa shape index (κ3) is 5.47. The van der Waals surface area contributed by atoms with Crippen molar-refractivity contribution in [1.82, 2.24) is 10.6 Å². The lowest BCUT2D eigenvalue weighted by atomic mass is 10.1. The van der Waals surface area contributed by atoms with Gasteiger partial charge in [-0.2, -0.15) is 0 Å². The summed E-state index contributed by atoms with van der Waals surface area (Å²) in [7, 11) is 1.68. The average Bonchev–Trinajstić information content (AvgIpc) is 2.57. The van der Waals surface area contributed by atoms with Gasteiger partial charge in [-0.25, -0.2) is 0 Å². The van der Waals surface area contributed by atoms with Crippen molar-refractivity contribution in [3.8, 4) is 0 Å². The van der Waals surface area contributed by atoms with Crippen molar-refractivity contribution in [2.45, 2.75) is 13.5 Å². The molecule has 0 aliphatic carbocycles. The van der Waals surface area contributed by atoms with E-state index < -0.39 is 0 Å². The van der Waals surface area contributed by atoms with Gasteiger partial charge in [-0.05, 0) is 30.2 Å². The van der Waals surface area contributed by atoms with Gasteiger partial charge >= 0.3 is 0 Å². The predicted molar refractivity (Wildman–Crippen MR) is 94.5 cm³/mol. The van der Waals surface area contributed by atoms with Gasteiger partial charge in [0.2, 0.25) is 5.91 Å². The van der Waals surface area contributed by atoms with Gasteiger partial charge in [0.1, 0.15) is 0 Å². The SMILES string of the molecule is CN=C(NCC(=O)Nc1ccccc1)NCc1ccccc1C. The van der Waals surface area contributed by atoms with Crippen molar-refractivity contribution in [2.24, 2.45) is 4.99 Å². The smallest absolute Gasteiger partial charge is 0.243 e. The first-order valence-electron chi connectivity index (χ1n) is 7.53. The highest BCUT2D eigenvalue weighted by atomic mass is 16.1. The van der Waals surface area contributed by atoms with Crippen LogP contribution in [0.25, 0.3) is 0 Å². The molecule has 0 spiro atoms. The van der Waals surface area contributed by atoms with Gasteiger partial charge in [0.25, 0.3) is 0 Å². The normalized spacial score (nSPS) is 11.0. The lowest BCUT2D eigenvalue weighted by Crippen LogP contribution is -2.41. The number of rotatable bonds is 5. The molecular formula is C18H22N4O. The molecular weight excluding hydrogens is 288 g/mol. The summed E-state index contributed by atoms with van der Waals surface area (Å²) < 4.78 is 0. The molecule has 0 unspecified atom stereocenters. The van der Waals surface area contributed by atoms with Gasteiger partial charge in [-0.1, -0.05) is 42.5 Å². The molecule has 5 heteroatoms. The molecule has 2 aromatic carbocycles. The van der Waals surface area contributed by atoms with Gasteiger partial charge < -0.3 is 16.0 Å². The van der Waals surface area contributed by atoms with Crippen LogP contribution in [0, 0.1) is 6.92 Å². The summed E-state index contributed by atoms with van der Waals surface area (Å²) in [5, 5.41) is 9.03. The van der Waals surface area contributed by atoms with Gasteiger partial charge in [-0.15, -0.1) is 0 Å². The van der Waals surface area contributed by atoms with Gasteiger partial charge in [-0.3, -0.25) is 9.79 Å². The van der Waals surface area contributed by atoms with E-state index in [0.29, 0.717) is 12.5 Å². The predicted octanol–water partition coefficient (Wildman–Crippen LogP) is 2.30. The molecule has 0 atom stereocenters. The minimum absolute atomic E-state index is 0.116. The maximum absolute atomic E-state index is 11.9. The van der Waals surface area contributed by atoms with Crippen LogP contribution in [0.4, 0.5) is 5.69 Å². The van der Waals surface area contributed by atoms with Gasteiger partial charge in [0, 0.05) is 19.3 Å². The van der Waals surface area contributed by atoms with Crippen LogP contribution < -0.4 is 16.0 Å². The molecule has 0 aliphatic rings. The van der Waals surface area contributed by atoms with Crippen LogP contribution in [-0.2, 0) is 11.3 Å². The summed E-state index contributed by atoms with van der Waals surface area (Å²) in [6.07, 6.45) is 0. The number of aryl methyl sites for hydroxylation is 1. The van der Waals surface area contributed by atoms with Crippen molar-refractivity contribution in [3.05, 3.63) is 65.7 Å². The largest absolute Gasteiger partial charge is 0.352 e. The molecule has 0 bridgehead atoms. The van der Waals surface area contributed by atoms with Gasteiger partial charge in [0.05, 0.1) is 6.54 Å². The molecule has 2 rings (SSSR count). The highest BCUT2D eigenvalue weighted by Gasteiger charge is 2.04.